The molecule has 3 nitrogen and oxygen atoms in total. The van der Waals surface area contributed by atoms with Crippen molar-refractivity contribution in [2.24, 2.45) is 17.1 Å². The van der Waals surface area contributed by atoms with Crippen LogP contribution in [0.25, 0.3) is 0 Å². The lowest BCUT2D eigenvalue weighted by Crippen LogP contribution is -2.42. The lowest BCUT2D eigenvalue weighted by molar-refractivity contribution is 0.110. The van der Waals surface area contributed by atoms with Crippen LogP contribution in [0, 0.1) is 16.7 Å². The normalized spacial score (nSPS) is 23.7. The molecule has 88 valence electrons. The second kappa shape index (κ2) is 4.97. The zero-order chi connectivity index (χ0) is 11.5. The summed E-state index contributed by atoms with van der Waals surface area (Å²) in [5.41, 5.74) is 6.04. The smallest absolute Gasteiger partial charge is 0.0947 e. The minimum Gasteiger partial charge on any atom is -0.387 e. The molecule has 1 aliphatic heterocycles. The first kappa shape index (κ1) is 12.5. The van der Waals surface area contributed by atoms with Crippen LogP contribution in [-0.2, 0) is 0 Å². The van der Waals surface area contributed by atoms with Crippen molar-refractivity contribution in [1.29, 1.82) is 5.41 Å². The van der Waals surface area contributed by atoms with Crippen molar-refractivity contribution in [2.75, 3.05) is 19.6 Å². The van der Waals surface area contributed by atoms with Crippen LogP contribution in [0.5, 0.6) is 0 Å². The van der Waals surface area contributed by atoms with Crippen molar-refractivity contribution < 1.29 is 0 Å². The van der Waals surface area contributed by atoms with Gasteiger partial charge in [-0.15, -0.1) is 0 Å². The van der Waals surface area contributed by atoms with E-state index in [0.717, 1.165) is 6.54 Å². The predicted molar refractivity (Wildman–Crippen MR) is 65.2 cm³/mol. The number of hydrogen-bond acceptors (Lipinski definition) is 2. The van der Waals surface area contributed by atoms with Crippen molar-refractivity contribution >= 4 is 5.84 Å². The Morgan fingerprint density at radius 1 is 1.47 bits per heavy atom. The minimum absolute atomic E-state index is 0.205. The van der Waals surface area contributed by atoms with Crippen LogP contribution in [0.15, 0.2) is 0 Å². The standard InChI is InChI=1S/C12H25N3/c1-4-12(3)5-7-15(8-6-12)9-10(2)11(13)14/h10H,4-9H2,1-3H3,(H3,13,14). The molecule has 0 radical (unpaired) electrons. The molecule has 1 saturated heterocycles. The fourth-order valence-corrected chi connectivity index (χ4v) is 2.11. The van der Waals surface area contributed by atoms with Crippen LogP contribution < -0.4 is 5.73 Å². The number of rotatable bonds is 4. The molecular formula is C12H25N3. The molecule has 1 rings (SSSR count). The molecule has 1 aliphatic rings. The fraction of sp³-hybridized carbons (Fsp3) is 0.917. The summed E-state index contributed by atoms with van der Waals surface area (Å²) >= 11 is 0. The van der Waals surface area contributed by atoms with Gasteiger partial charge in [0.1, 0.15) is 0 Å². The number of piperidine rings is 1. The van der Waals surface area contributed by atoms with E-state index in [1.165, 1.54) is 32.4 Å². The highest BCUT2D eigenvalue weighted by molar-refractivity contribution is 5.79. The number of hydrogen-bond donors (Lipinski definition) is 2. The van der Waals surface area contributed by atoms with E-state index in [1.54, 1.807) is 0 Å². The third-order valence-electron chi connectivity index (χ3n) is 3.98. The van der Waals surface area contributed by atoms with Crippen LogP contribution >= 0.6 is 0 Å². The van der Waals surface area contributed by atoms with Gasteiger partial charge in [-0.1, -0.05) is 27.2 Å². The number of nitrogens with one attached hydrogen (secondary N) is 1. The highest BCUT2D eigenvalue weighted by atomic mass is 15.1. The summed E-state index contributed by atoms with van der Waals surface area (Å²) < 4.78 is 0. The topological polar surface area (TPSA) is 53.1 Å². The minimum atomic E-state index is 0.205. The van der Waals surface area contributed by atoms with Gasteiger partial charge in [0.2, 0.25) is 0 Å². The average Bonchev–Trinajstić information content (AvgIpc) is 2.21. The quantitative estimate of drug-likeness (QED) is 0.552. The van der Waals surface area contributed by atoms with Crippen LogP contribution in [0.2, 0.25) is 0 Å². The Bertz CT molecular complexity index is 217. The lowest BCUT2D eigenvalue weighted by Gasteiger charge is -2.39. The summed E-state index contributed by atoms with van der Waals surface area (Å²) in [5.74, 6) is 0.523. The van der Waals surface area contributed by atoms with E-state index in [2.05, 4.69) is 18.7 Å². The van der Waals surface area contributed by atoms with Crippen molar-refractivity contribution in [2.45, 2.75) is 40.0 Å². The first-order chi connectivity index (χ1) is 6.97. The zero-order valence-corrected chi connectivity index (χ0v) is 10.3. The molecule has 1 fully saturated rings. The highest BCUT2D eigenvalue weighted by Gasteiger charge is 2.28. The van der Waals surface area contributed by atoms with Gasteiger partial charge in [-0.25, -0.2) is 0 Å². The summed E-state index contributed by atoms with van der Waals surface area (Å²) in [4.78, 5) is 2.45. The van der Waals surface area contributed by atoms with Gasteiger partial charge < -0.3 is 10.6 Å². The van der Waals surface area contributed by atoms with E-state index < -0.39 is 0 Å². The molecule has 3 heteroatoms. The van der Waals surface area contributed by atoms with Crippen molar-refractivity contribution in [3.8, 4) is 0 Å². The maximum atomic E-state index is 7.38. The molecule has 1 heterocycles. The van der Waals surface area contributed by atoms with Gasteiger partial charge in [0.05, 0.1) is 5.84 Å². The Hall–Kier alpha value is -0.570. The molecule has 0 spiro atoms. The van der Waals surface area contributed by atoms with Gasteiger partial charge in [-0.05, 0) is 31.3 Å². The Balaban J connectivity index is 2.35. The molecule has 1 unspecified atom stereocenters. The van der Waals surface area contributed by atoms with Crippen molar-refractivity contribution in [3.05, 3.63) is 0 Å². The Morgan fingerprint density at radius 2 is 2.00 bits per heavy atom. The van der Waals surface area contributed by atoms with Gasteiger partial charge in [-0.2, -0.15) is 0 Å². The Labute approximate surface area is 93.5 Å². The zero-order valence-electron chi connectivity index (χ0n) is 10.3. The van der Waals surface area contributed by atoms with Gasteiger partial charge in [-0.3, -0.25) is 5.41 Å². The van der Waals surface area contributed by atoms with Crippen LogP contribution in [0.3, 0.4) is 0 Å². The second-order valence-electron chi connectivity index (χ2n) is 5.32. The van der Waals surface area contributed by atoms with Crippen LogP contribution in [-0.4, -0.2) is 30.4 Å². The molecule has 0 saturated carbocycles. The largest absolute Gasteiger partial charge is 0.387 e. The summed E-state index contributed by atoms with van der Waals surface area (Å²) in [6, 6.07) is 0. The molecule has 1 atom stereocenters. The van der Waals surface area contributed by atoms with E-state index in [0.29, 0.717) is 11.3 Å². The molecule has 0 aromatic heterocycles. The van der Waals surface area contributed by atoms with Gasteiger partial charge >= 0.3 is 0 Å². The maximum Gasteiger partial charge on any atom is 0.0947 e. The fourth-order valence-electron chi connectivity index (χ4n) is 2.11. The Kier molecular flexibility index (Phi) is 4.14. The molecule has 0 aromatic carbocycles. The number of nitrogens with zero attached hydrogens (tertiary/aromatic N) is 1. The predicted octanol–water partition coefficient (Wildman–Crippen LogP) is 2.07. The lowest BCUT2D eigenvalue weighted by atomic mass is 9.78. The third-order valence-corrected chi connectivity index (χ3v) is 3.98. The second-order valence-corrected chi connectivity index (χ2v) is 5.32. The summed E-state index contributed by atoms with van der Waals surface area (Å²) in [6.45, 7) is 10.0. The van der Waals surface area contributed by atoms with E-state index in [-0.39, 0.29) is 5.92 Å². The average molecular weight is 211 g/mol. The van der Waals surface area contributed by atoms with Gasteiger partial charge in [0.15, 0.2) is 0 Å². The molecule has 15 heavy (non-hydrogen) atoms. The number of amidine groups is 1. The first-order valence-corrected chi connectivity index (χ1v) is 6.03. The summed E-state index contributed by atoms with van der Waals surface area (Å²) in [7, 11) is 0. The summed E-state index contributed by atoms with van der Waals surface area (Å²) in [6.07, 6.45) is 3.85. The SMILES string of the molecule is CCC1(C)CCN(CC(C)C(=N)N)CC1. The summed E-state index contributed by atoms with van der Waals surface area (Å²) in [5, 5.41) is 7.38. The molecule has 3 N–H and O–H groups in total. The Morgan fingerprint density at radius 3 is 2.40 bits per heavy atom. The molecule has 0 amide bonds. The van der Waals surface area contributed by atoms with E-state index in [9.17, 15) is 0 Å². The first-order valence-electron chi connectivity index (χ1n) is 6.03. The van der Waals surface area contributed by atoms with E-state index in [1.807, 2.05) is 6.92 Å². The van der Waals surface area contributed by atoms with Crippen molar-refractivity contribution in [1.82, 2.24) is 4.90 Å². The number of likely N-dealkylation sites (tertiary alicyclic amines) is 1. The highest BCUT2D eigenvalue weighted by Crippen LogP contribution is 2.33. The van der Waals surface area contributed by atoms with E-state index >= 15 is 0 Å². The van der Waals surface area contributed by atoms with Crippen LogP contribution in [0.1, 0.15) is 40.0 Å². The van der Waals surface area contributed by atoms with Gasteiger partial charge in [0.25, 0.3) is 0 Å². The van der Waals surface area contributed by atoms with Crippen LogP contribution in [0.4, 0.5) is 0 Å². The van der Waals surface area contributed by atoms with Crippen molar-refractivity contribution in [3.63, 3.8) is 0 Å². The molecular weight excluding hydrogens is 186 g/mol. The molecule has 0 aromatic rings. The van der Waals surface area contributed by atoms with E-state index in [4.69, 9.17) is 11.1 Å². The maximum absolute atomic E-state index is 7.38. The number of nitrogens with two attached hydrogens (primary N) is 1. The van der Waals surface area contributed by atoms with Gasteiger partial charge in [0, 0.05) is 12.5 Å². The third kappa shape index (κ3) is 3.49. The molecule has 0 bridgehead atoms. The monoisotopic (exact) mass is 211 g/mol. The molecule has 0 aliphatic carbocycles.